The Kier molecular flexibility index (Phi) is 3.72. The zero-order valence-corrected chi connectivity index (χ0v) is 17.9. The van der Waals surface area contributed by atoms with Gasteiger partial charge in [0, 0.05) is 15.4 Å². The smallest absolute Gasteiger partial charge is 0.0584 e. The molecule has 4 aromatic carbocycles. The molecule has 134 valence electrons. The minimum Gasteiger partial charge on any atom is -0.0828 e. The Balaban J connectivity index is 1.77. The van der Waals surface area contributed by atoms with Gasteiger partial charge in [-0.2, -0.15) is 0 Å². The van der Waals surface area contributed by atoms with Crippen molar-refractivity contribution in [2.45, 2.75) is 11.8 Å². The molecule has 0 nitrogen and oxygen atoms in total. The Hall–Kier alpha value is -2.10. The van der Waals surface area contributed by atoms with Crippen LogP contribution in [0.2, 0.25) is 5.02 Å². The van der Waals surface area contributed by atoms with Crippen molar-refractivity contribution in [2.75, 3.05) is 0 Å². The fourth-order valence-electron chi connectivity index (χ4n) is 5.14. The van der Waals surface area contributed by atoms with E-state index in [1.807, 2.05) is 0 Å². The summed E-state index contributed by atoms with van der Waals surface area (Å²) in [6.45, 7) is 0. The number of benzene rings is 4. The van der Waals surface area contributed by atoms with Crippen molar-refractivity contribution < 1.29 is 0 Å². The van der Waals surface area contributed by atoms with Crippen LogP contribution in [0.5, 0.6) is 0 Å². The second-order valence-electron chi connectivity index (χ2n) is 7.54. The zero-order chi connectivity index (χ0) is 18.8. The van der Waals surface area contributed by atoms with Crippen molar-refractivity contribution in [2.24, 2.45) is 0 Å². The number of rotatable bonds is 1. The average molecular weight is 491 g/mol. The standard InChI is InChI=1S/C26H16ClI/c27-26-21(28)14-20(15-8-2-1-3-9-15)24-22-16-10-4-6-12-18(16)23(25(24)26)19-13-7-5-11-17(19)22/h1-14,22-23H. The van der Waals surface area contributed by atoms with Crippen LogP contribution in [0.25, 0.3) is 11.1 Å². The zero-order valence-electron chi connectivity index (χ0n) is 15.0. The van der Waals surface area contributed by atoms with Crippen LogP contribution >= 0.6 is 34.2 Å². The molecule has 0 fully saturated rings. The number of hydrogen-bond donors (Lipinski definition) is 0. The van der Waals surface area contributed by atoms with Crippen LogP contribution in [-0.4, -0.2) is 0 Å². The van der Waals surface area contributed by atoms with Crippen molar-refractivity contribution in [1.29, 1.82) is 0 Å². The lowest BCUT2D eigenvalue weighted by molar-refractivity contribution is 0.755. The maximum Gasteiger partial charge on any atom is 0.0584 e. The van der Waals surface area contributed by atoms with E-state index in [4.69, 9.17) is 11.6 Å². The van der Waals surface area contributed by atoms with Gasteiger partial charge in [-0.25, -0.2) is 0 Å². The predicted molar refractivity (Wildman–Crippen MR) is 124 cm³/mol. The van der Waals surface area contributed by atoms with Crippen LogP contribution in [0.3, 0.4) is 0 Å². The van der Waals surface area contributed by atoms with Gasteiger partial charge in [0.15, 0.2) is 0 Å². The maximum atomic E-state index is 6.99. The topological polar surface area (TPSA) is 0 Å². The highest BCUT2D eigenvalue weighted by Gasteiger charge is 2.43. The van der Waals surface area contributed by atoms with Crippen molar-refractivity contribution in [1.82, 2.24) is 0 Å². The van der Waals surface area contributed by atoms with Gasteiger partial charge in [-0.3, -0.25) is 0 Å². The Bertz CT molecular complexity index is 1200. The molecule has 0 amide bonds. The Morgan fingerprint density at radius 3 is 1.61 bits per heavy atom. The van der Waals surface area contributed by atoms with Gasteiger partial charge in [-0.05, 0) is 73.2 Å². The van der Waals surface area contributed by atoms with Gasteiger partial charge in [-0.1, -0.05) is 90.5 Å². The van der Waals surface area contributed by atoms with E-state index in [1.165, 1.54) is 44.5 Å². The van der Waals surface area contributed by atoms with E-state index < -0.39 is 0 Å². The summed E-state index contributed by atoms with van der Waals surface area (Å²) in [6, 6.07) is 30.8. The largest absolute Gasteiger partial charge is 0.0828 e. The highest BCUT2D eigenvalue weighted by atomic mass is 127. The van der Waals surface area contributed by atoms with E-state index in [1.54, 1.807) is 0 Å². The second kappa shape index (κ2) is 6.20. The SMILES string of the molecule is Clc1c(I)cc(-c2ccccc2)c2c1C1c3ccccc3C2c2ccccc21. The third-order valence-corrected chi connectivity index (χ3v) is 7.77. The van der Waals surface area contributed by atoms with E-state index in [2.05, 4.69) is 108 Å². The maximum absolute atomic E-state index is 6.99. The third kappa shape index (κ3) is 2.18. The first-order valence-electron chi connectivity index (χ1n) is 9.50. The van der Waals surface area contributed by atoms with E-state index in [0.717, 1.165) is 8.59 Å². The molecule has 0 unspecified atom stereocenters. The molecule has 2 heteroatoms. The summed E-state index contributed by atoms with van der Waals surface area (Å²) >= 11 is 9.38. The molecule has 4 aromatic rings. The lowest BCUT2D eigenvalue weighted by Crippen LogP contribution is -2.28. The predicted octanol–water partition coefficient (Wildman–Crippen LogP) is 7.60. The molecule has 0 spiro atoms. The fourth-order valence-corrected chi connectivity index (χ4v) is 6.01. The summed E-state index contributed by atoms with van der Waals surface area (Å²) in [5, 5.41) is 0.911. The summed E-state index contributed by atoms with van der Waals surface area (Å²) in [6.07, 6.45) is 0. The fraction of sp³-hybridized carbons (Fsp3) is 0.0769. The second-order valence-corrected chi connectivity index (χ2v) is 9.08. The first-order chi connectivity index (χ1) is 13.8. The summed E-state index contributed by atoms with van der Waals surface area (Å²) in [7, 11) is 0. The summed E-state index contributed by atoms with van der Waals surface area (Å²) in [5.41, 5.74) is 10.9. The van der Waals surface area contributed by atoms with E-state index in [0.29, 0.717) is 0 Å². The van der Waals surface area contributed by atoms with Crippen molar-refractivity contribution in [3.63, 3.8) is 0 Å². The Labute approximate surface area is 183 Å². The van der Waals surface area contributed by atoms with E-state index in [-0.39, 0.29) is 11.8 Å². The molecule has 2 bridgehead atoms. The minimum atomic E-state index is 0.206. The van der Waals surface area contributed by atoms with Crippen LogP contribution < -0.4 is 0 Å². The Morgan fingerprint density at radius 1 is 0.607 bits per heavy atom. The van der Waals surface area contributed by atoms with E-state index >= 15 is 0 Å². The van der Waals surface area contributed by atoms with Crippen molar-refractivity contribution in [3.05, 3.63) is 127 Å². The summed E-state index contributed by atoms with van der Waals surface area (Å²) in [4.78, 5) is 0. The molecular formula is C26H16ClI. The van der Waals surface area contributed by atoms with Gasteiger partial charge >= 0.3 is 0 Å². The molecule has 0 heterocycles. The molecule has 0 saturated carbocycles. The quantitative estimate of drug-likeness (QED) is 0.208. The molecule has 0 aliphatic heterocycles. The monoisotopic (exact) mass is 490 g/mol. The van der Waals surface area contributed by atoms with Crippen LogP contribution in [-0.2, 0) is 0 Å². The van der Waals surface area contributed by atoms with Crippen LogP contribution in [0, 0.1) is 3.57 Å². The molecule has 0 saturated heterocycles. The number of halogens is 2. The molecular weight excluding hydrogens is 475 g/mol. The molecule has 0 atom stereocenters. The lowest BCUT2D eigenvalue weighted by Gasteiger charge is -2.43. The Morgan fingerprint density at radius 2 is 1.07 bits per heavy atom. The molecule has 7 rings (SSSR count). The molecule has 0 aromatic heterocycles. The molecule has 0 radical (unpaired) electrons. The highest BCUT2D eigenvalue weighted by Crippen LogP contribution is 2.59. The highest BCUT2D eigenvalue weighted by molar-refractivity contribution is 14.1. The van der Waals surface area contributed by atoms with Gasteiger partial charge in [0.25, 0.3) is 0 Å². The van der Waals surface area contributed by atoms with Crippen LogP contribution in [0.15, 0.2) is 84.9 Å². The lowest BCUT2D eigenvalue weighted by atomic mass is 9.60. The van der Waals surface area contributed by atoms with Crippen LogP contribution in [0.1, 0.15) is 45.2 Å². The molecule has 28 heavy (non-hydrogen) atoms. The van der Waals surface area contributed by atoms with Gasteiger partial charge in [0.1, 0.15) is 0 Å². The summed E-state index contributed by atoms with van der Waals surface area (Å²) < 4.78 is 1.12. The van der Waals surface area contributed by atoms with Crippen LogP contribution in [0.4, 0.5) is 0 Å². The normalized spacial score (nSPS) is 18.4. The van der Waals surface area contributed by atoms with Crippen molar-refractivity contribution >= 4 is 34.2 Å². The molecule has 3 aliphatic carbocycles. The average Bonchev–Trinajstić information content (AvgIpc) is 2.76. The van der Waals surface area contributed by atoms with Gasteiger partial charge in [0.05, 0.1) is 5.02 Å². The molecule has 0 N–H and O–H groups in total. The van der Waals surface area contributed by atoms with E-state index in [9.17, 15) is 0 Å². The van der Waals surface area contributed by atoms with Crippen molar-refractivity contribution in [3.8, 4) is 11.1 Å². The van der Waals surface area contributed by atoms with Gasteiger partial charge < -0.3 is 0 Å². The van der Waals surface area contributed by atoms with Gasteiger partial charge in [-0.15, -0.1) is 0 Å². The molecule has 3 aliphatic rings. The third-order valence-electron chi connectivity index (χ3n) is 6.20. The first kappa shape index (κ1) is 16.8. The summed E-state index contributed by atoms with van der Waals surface area (Å²) in [5.74, 6) is 0.439. The number of hydrogen-bond acceptors (Lipinski definition) is 0. The van der Waals surface area contributed by atoms with Gasteiger partial charge in [0.2, 0.25) is 0 Å². The first-order valence-corrected chi connectivity index (χ1v) is 11.0. The minimum absolute atomic E-state index is 0.206.